The predicted molar refractivity (Wildman–Crippen MR) is 104 cm³/mol. The second-order valence-electron chi connectivity index (χ2n) is 6.07. The molecule has 0 aliphatic carbocycles. The van der Waals surface area contributed by atoms with Crippen molar-refractivity contribution in [2.45, 2.75) is 26.1 Å². The average Bonchev–Trinajstić information content (AvgIpc) is 3.02. The van der Waals surface area contributed by atoms with E-state index < -0.39 is 6.10 Å². The molecule has 0 aliphatic heterocycles. The van der Waals surface area contributed by atoms with E-state index in [0.717, 1.165) is 22.5 Å². The van der Waals surface area contributed by atoms with E-state index >= 15 is 0 Å². The van der Waals surface area contributed by atoms with Crippen LogP contribution in [0.3, 0.4) is 0 Å². The number of aromatic nitrogens is 3. The van der Waals surface area contributed by atoms with E-state index in [9.17, 15) is 5.11 Å². The number of hydrogen-bond acceptors (Lipinski definition) is 4. The van der Waals surface area contributed by atoms with Crippen molar-refractivity contribution in [3.8, 4) is 11.3 Å². The first-order chi connectivity index (χ1) is 12.5. The van der Waals surface area contributed by atoms with Gasteiger partial charge in [-0.15, -0.1) is 0 Å². The van der Waals surface area contributed by atoms with Gasteiger partial charge < -0.3 is 10.4 Å². The highest BCUT2D eigenvalue weighted by Gasteiger charge is 2.15. The van der Waals surface area contributed by atoms with Gasteiger partial charge in [0.05, 0.1) is 12.6 Å². The fourth-order valence-electron chi connectivity index (χ4n) is 2.62. The molecule has 3 aromatic rings. The van der Waals surface area contributed by atoms with Gasteiger partial charge in [-0.3, -0.25) is 0 Å². The number of aliphatic hydroxyl groups excluding tert-OH is 1. The normalized spacial score (nSPS) is 12.3. The highest BCUT2D eigenvalue weighted by Crippen LogP contribution is 2.26. The van der Waals surface area contributed by atoms with Crippen molar-refractivity contribution in [2.24, 2.45) is 0 Å². The van der Waals surface area contributed by atoms with Crippen LogP contribution in [-0.4, -0.2) is 32.7 Å². The van der Waals surface area contributed by atoms with E-state index in [-0.39, 0.29) is 0 Å². The molecule has 0 radical (unpaired) electrons. The minimum absolute atomic E-state index is 0.384. The van der Waals surface area contributed by atoms with Crippen molar-refractivity contribution in [3.63, 3.8) is 0 Å². The van der Waals surface area contributed by atoms with Gasteiger partial charge in [0.2, 0.25) is 0 Å². The number of aliphatic hydroxyl groups is 1. The molecule has 0 aliphatic rings. The van der Waals surface area contributed by atoms with Crippen LogP contribution in [0, 0.1) is 0 Å². The Labute approximate surface area is 162 Å². The molecule has 0 spiro atoms. The molecule has 0 saturated heterocycles. The Hall–Kier alpha value is -1.92. The van der Waals surface area contributed by atoms with Crippen molar-refractivity contribution >= 4 is 23.2 Å². The van der Waals surface area contributed by atoms with Gasteiger partial charge in [-0.2, -0.15) is 15.0 Å². The molecule has 0 bridgehead atoms. The molecule has 1 aromatic heterocycles. The molecule has 5 nitrogen and oxygen atoms in total. The zero-order valence-corrected chi connectivity index (χ0v) is 15.9. The molecular weight excluding hydrogens is 371 g/mol. The minimum Gasteiger partial charge on any atom is -0.392 e. The van der Waals surface area contributed by atoms with Gasteiger partial charge in [0.15, 0.2) is 0 Å². The highest BCUT2D eigenvalue weighted by atomic mass is 35.5. The topological polar surface area (TPSA) is 63.0 Å². The van der Waals surface area contributed by atoms with Crippen LogP contribution in [0.2, 0.25) is 10.0 Å². The lowest BCUT2D eigenvalue weighted by atomic mass is 10.1. The smallest absolute Gasteiger partial charge is 0.117 e. The van der Waals surface area contributed by atoms with E-state index in [1.807, 2.05) is 36.4 Å². The van der Waals surface area contributed by atoms with Crippen molar-refractivity contribution < 1.29 is 5.11 Å². The monoisotopic (exact) mass is 390 g/mol. The third-order valence-electron chi connectivity index (χ3n) is 3.87. The minimum atomic E-state index is -0.424. The first kappa shape index (κ1) is 18.9. The van der Waals surface area contributed by atoms with E-state index in [1.165, 1.54) is 0 Å². The molecule has 0 fully saturated rings. The van der Waals surface area contributed by atoms with Crippen LogP contribution in [-0.2, 0) is 13.1 Å². The number of benzene rings is 2. The number of hydrogen-bond donors (Lipinski definition) is 2. The van der Waals surface area contributed by atoms with Gasteiger partial charge in [-0.1, -0.05) is 59.6 Å². The summed E-state index contributed by atoms with van der Waals surface area (Å²) < 4.78 is 0. The van der Waals surface area contributed by atoms with Gasteiger partial charge in [0.25, 0.3) is 0 Å². The molecule has 0 amide bonds. The van der Waals surface area contributed by atoms with Gasteiger partial charge in [-0.25, -0.2) is 0 Å². The second kappa shape index (κ2) is 8.64. The molecular formula is C19H20Cl2N4O. The maximum Gasteiger partial charge on any atom is 0.117 e. The van der Waals surface area contributed by atoms with Crippen LogP contribution in [0.1, 0.15) is 18.2 Å². The van der Waals surface area contributed by atoms with Gasteiger partial charge in [-0.05, 0) is 19.1 Å². The standard InChI is InChI=1S/C19H20Cl2N4O/c1-13(26)10-22-11-18-19(14-6-3-2-4-7-14)24-25(23-18)12-15-16(20)8-5-9-17(15)21/h2-9,13,22,26H,10-12H2,1H3/t13-/m1/s1. The zero-order valence-electron chi connectivity index (χ0n) is 14.4. The Morgan fingerprint density at radius 2 is 1.73 bits per heavy atom. The Morgan fingerprint density at radius 1 is 1.04 bits per heavy atom. The summed E-state index contributed by atoms with van der Waals surface area (Å²) in [6, 6.07) is 15.3. The van der Waals surface area contributed by atoms with E-state index in [1.54, 1.807) is 23.9 Å². The van der Waals surface area contributed by atoms with E-state index in [2.05, 4.69) is 15.5 Å². The molecule has 0 unspecified atom stereocenters. The molecule has 2 aromatic carbocycles. The Balaban J connectivity index is 1.90. The van der Waals surface area contributed by atoms with Crippen LogP contribution >= 0.6 is 23.2 Å². The molecule has 1 heterocycles. The van der Waals surface area contributed by atoms with Gasteiger partial charge in [0.1, 0.15) is 11.4 Å². The molecule has 1 atom stereocenters. The quantitative estimate of drug-likeness (QED) is 0.644. The summed E-state index contributed by atoms with van der Waals surface area (Å²) in [5.74, 6) is 0. The van der Waals surface area contributed by atoms with E-state index in [4.69, 9.17) is 23.2 Å². The molecule has 0 saturated carbocycles. The summed E-state index contributed by atoms with van der Waals surface area (Å²) >= 11 is 12.5. The van der Waals surface area contributed by atoms with Gasteiger partial charge in [0, 0.05) is 34.3 Å². The fraction of sp³-hybridized carbons (Fsp3) is 0.263. The van der Waals surface area contributed by atoms with Crippen molar-refractivity contribution in [1.29, 1.82) is 0 Å². The largest absolute Gasteiger partial charge is 0.392 e. The first-order valence-electron chi connectivity index (χ1n) is 8.35. The molecule has 3 rings (SSSR count). The van der Waals surface area contributed by atoms with Gasteiger partial charge >= 0.3 is 0 Å². The van der Waals surface area contributed by atoms with E-state index in [0.29, 0.717) is 29.7 Å². The lowest BCUT2D eigenvalue weighted by molar-refractivity contribution is 0.191. The summed E-state index contributed by atoms with van der Waals surface area (Å²) in [4.78, 5) is 1.61. The maximum absolute atomic E-state index is 9.44. The van der Waals surface area contributed by atoms with Crippen molar-refractivity contribution in [1.82, 2.24) is 20.3 Å². The number of nitrogens with zero attached hydrogens (tertiary/aromatic N) is 3. The van der Waals surface area contributed by atoms with Crippen LogP contribution in [0.15, 0.2) is 48.5 Å². The SMILES string of the molecule is C[C@@H](O)CNCc1nn(Cc2c(Cl)cccc2Cl)nc1-c1ccccc1. The Kier molecular flexibility index (Phi) is 6.27. The lowest BCUT2D eigenvalue weighted by Crippen LogP contribution is -2.24. The maximum atomic E-state index is 9.44. The summed E-state index contributed by atoms with van der Waals surface area (Å²) in [6.45, 7) is 3.11. The third kappa shape index (κ3) is 4.62. The molecule has 26 heavy (non-hydrogen) atoms. The van der Waals surface area contributed by atoms with Crippen LogP contribution in [0.5, 0.6) is 0 Å². The van der Waals surface area contributed by atoms with Crippen LogP contribution in [0.4, 0.5) is 0 Å². The average molecular weight is 391 g/mol. The summed E-state index contributed by atoms with van der Waals surface area (Å²) in [5.41, 5.74) is 3.37. The summed E-state index contributed by atoms with van der Waals surface area (Å²) in [6.07, 6.45) is -0.424. The van der Waals surface area contributed by atoms with Crippen molar-refractivity contribution in [2.75, 3.05) is 6.54 Å². The van der Waals surface area contributed by atoms with Crippen LogP contribution in [0.25, 0.3) is 11.3 Å². The summed E-state index contributed by atoms with van der Waals surface area (Å²) in [7, 11) is 0. The van der Waals surface area contributed by atoms with Crippen molar-refractivity contribution in [3.05, 3.63) is 69.8 Å². The Morgan fingerprint density at radius 3 is 2.38 bits per heavy atom. The first-order valence-corrected chi connectivity index (χ1v) is 9.11. The molecule has 136 valence electrons. The second-order valence-corrected chi connectivity index (χ2v) is 6.89. The Bertz CT molecular complexity index is 845. The van der Waals surface area contributed by atoms with Crippen LogP contribution < -0.4 is 5.32 Å². The highest BCUT2D eigenvalue weighted by molar-refractivity contribution is 6.35. The molecule has 2 N–H and O–H groups in total. The lowest BCUT2D eigenvalue weighted by Gasteiger charge is -2.06. The number of nitrogens with one attached hydrogen (secondary N) is 1. The number of rotatable bonds is 7. The number of halogens is 2. The summed E-state index contributed by atoms with van der Waals surface area (Å²) in [5, 5.41) is 23.1. The fourth-order valence-corrected chi connectivity index (χ4v) is 3.13. The predicted octanol–water partition coefficient (Wildman–Crippen LogP) is 3.77. The zero-order chi connectivity index (χ0) is 18.5. The molecule has 7 heteroatoms. The third-order valence-corrected chi connectivity index (χ3v) is 4.57.